The Morgan fingerprint density at radius 3 is 2.78 bits per heavy atom. The molecule has 0 saturated carbocycles. The molecule has 0 amide bonds. The summed E-state index contributed by atoms with van der Waals surface area (Å²) in [7, 11) is 0. The van der Waals surface area contributed by atoms with E-state index in [0.29, 0.717) is 24.0 Å². The van der Waals surface area contributed by atoms with Gasteiger partial charge in [0.15, 0.2) is 11.9 Å². The third-order valence-corrected chi connectivity index (χ3v) is 3.59. The maximum atomic E-state index is 6.13. The molecule has 0 atom stereocenters. The van der Waals surface area contributed by atoms with E-state index in [1.807, 2.05) is 13.8 Å². The first-order valence-electron chi connectivity index (χ1n) is 5.92. The van der Waals surface area contributed by atoms with E-state index in [1.165, 1.54) is 0 Å². The normalized spacial score (nSPS) is 17.5. The summed E-state index contributed by atoms with van der Waals surface area (Å²) in [5.41, 5.74) is 3.45. The summed E-state index contributed by atoms with van der Waals surface area (Å²) in [4.78, 5) is 4.38. The van der Waals surface area contributed by atoms with E-state index in [-0.39, 0.29) is 6.29 Å². The van der Waals surface area contributed by atoms with Crippen LogP contribution in [0.25, 0.3) is 5.65 Å². The molecule has 0 radical (unpaired) electrons. The van der Waals surface area contributed by atoms with Crippen LogP contribution in [0.15, 0.2) is 6.20 Å². The molecule has 3 rings (SSSR count). The van der Waals surface area contributed by atoms with Crippen molar-refractivity contribution < 1.29 is 9.47 Å². The molecule has 18 heavy (non-hydrogen) atoms. The topological polar surface area (TPSA) is 48.7 Å². The van der Waals surface area contributed by atoms with Crippen LogP contribution in [-0.2, 0) is 9.47 Å². The SMILES string of the molecule is Cc1c(Cl)nc2c(C3OCCCO3)cnn2c1C. The van der Waals surface area contributed by atoms with Crippen molar-refractivity contribution in [2.24, 2.45) is 0 Å². The molecule has 1 aliphatic heterocycles. The van der Waals surface area contributed by atoms with Crippen LogP contribution in [0, 0.1) is 13.8 Å². The second kappa shape index (κ2) is 4.50. The molecule has 1 fully saturated rings. The van der Waals surface area contributed by atoms with E-state index in [4.69, 9.17) is 21.1 Å². The number of aryl methyl sites for hydroxylation is 1. The molecule has 0 N–H and O–H groups in total. The number of fused-ring (bicyclic) bond motifs is 1. The Hall–Kier alpha value is -1.17. The lowest BCUT2D eigenvalue weighted by molar-refractivity contribution is -0.182. The molecule has 2 aromatic heterocycles. The second-order valence-electron chi connectivity index (χ2n) is 4.38. The minimum absolute atomic E-state index is 0.387. The van der Waals surface area contributed by atoms with Gasteiger partial charge in [0.1, 0.15) is 5.15 Å². The first kappa shape index (κ1) is 11.9. The standard InChI is InChI=1S/C12H14ClN3O2/c1-7-8(2)16-11(15-10(7)13)9(6-14-16)12-17-4-3-5-18-12/h6,12H,3-5H2,1-2H3. The summed E-state index contributed by atoms with van der Waals surface area (Å²) >= 11 is 6.13. The smallest absolute Gasteiger partial charge is 0.188 e. The largest absolute Gasteiger partial charge is 0.348 e. The van der Waals surface area contributed by atoms with Gasteiger partial charge in [-0.2, -0.15) is 5.10 Å². The fourth-order valence-electron chi connectivity index (χ4n) is 2.03. The Bertz CT molecular complexity index is 591. The average Bonchev–Trinajstić information content (AvgIpc) is 2.81. The highest BCUT2D eigenvalue weighted by Gasteiger charge is 2.23. The van der Waals surface area contributed by atoms with Crippen LogP contribution >= 0.6 is 11.6 Å². The van der Waals surface area contributed by atoms with E-state index in [2.05, 4.69) is 10.1 Å². The van der Waals surface area contributed by atoms with Crippen molar-refractivity contribution in [1.29, 1.82) is 0 Å². The molecular formula is C12H14ClN3O2. The van der Waals surface area contributed by atoms with Crippen molar-refractivity contribution in [3.63, 3.8) is 0 Å². The first-order valence-corrected chi connectivity index (χ1v) is 6.30. The van der Waals surface area contributed by atoms with Gasteiger partial charge in [-0.05, 0) is 20.3 Å². The lowest BCUT2D eigenvalue weighted by Crippen LogP contribution is -2.17. The summed E-state index contributed by atoms with van der Waals surface area (Å²) < 4.78 is 12.9. The van der Waals surface area contributed by atoms with E-state index < -0.39 is 0 Å². The average molecular weight is 268 g/mol. The molecule has 2 aromatic rings. The molecule has 3 heterocycles. The van der Waals surface area contributed by atoms with Gasteiger partial charge in [0.05, 0.1) is 25.0 Å². The van der Waals surface area contributed by atoms with Crippen LogP contribution in [0.4, 0.5) is 0 Å². The second-order valence-corrected chi connectivity index (χ2v) is 4.73. The third kappa shape index (κ3) is 1.79. The Morgan fingerprint density at radius 1 is 1.33 bits per heavy atom. The van der Waals surface area contributed by atoms with Crippen molar-refractivity contribution in [2.75, 3.05) is 13.2 Å². The van der Waals surface area contributed by atoms with Gasteiger partial charge in [-0.1, -0.05) is 11.6 Å². The highest BCUT2D eigenvalue weighted by Crippen LogP contribution is 2.28. The van der Waals surface area contributed by atoms with Crippen molar-refractivity contribution in [1.82, 2.24) is 14.6 Å². The number of rotatable bonds is 1. The van der Waals surface area contributed by atoms with Crippen molar-refractivity contribution in [2.45, 2.75) is 26.6 Å². The Kier molecular flexibility index (Phi) is 2.97. The van der Waals surface area contributed by atoms with Crippen LogP contribution in [0.3, 0.4) is 0 Å². The molecule has 0 bridgehead atoms. The summed E-state index contributed by atoms with van der Waals surface area (Å²) in [5, 5.41) is 4.83. The van der Waals surface area contributed by atoms with Crippen molar-refractivity contribution in [3.8, 4) is 0 Å². The monoisotopic (exact) mass is 267 g/mol. The Balaban J connectivity index is 2.13. The van der Waals surface area contributed by atoms with Crippen molar-refractivity contribution in [3.05, 3.63) is 28.2 Å². The van der Waals surface area contributed by atoms with Gasteiger partial charge in [0.2, 0.25) is 0 Å². The van der Waals surface area contributed by atoms with Gasteiger partial charge in [-0.3, -0.25) is 0 Å². The fourth-order valence-corrected chi connectivity index (χ4v) is 2.25. The molecule has 0 aliphatic carbocycles. The molecule has 5 nitrogen and oxygen atoms in total. The quantitative estimate of drug-likeness (QED) is 0.745. The highest BCUT2D eigenvalue weighted by atomic mass is 35.5. The minimum atomic E-state index is -0.387. The van der Waals surface area contributed by atoms with Gasteiger partial charge >= 0.3 is 0 Å². The molecule has 1 aliphatic rings. The molecular weight excluding hydrogens is 254 g/mol. The van der Waals surface area contributed by atoms with E-state index in [0.717, 1.165) is 23.2 Å². The summed E-state index contributed by atoms with van der Waals surface area (Å²) in [6.45, 7) is 5.29. The van der Waals surface area contributed by atoms with Crippen LogP contribution in [0.2, 0.25) is 5.15 Å². The zero-order valence-corrected chi connectivity index (χ0v) is 11.1. The van der Waals surface area contributed by atoms with Crippen LogP contribution in [0.5, 0.6) is 0 Å². The Morgan fingerprint density at radius 2 is 2.06 bits per heavy atom. The molecule has 0 unspecified atom stereocenters. The molecule has 1 saturated heterocycles. The summed E-state index contributed by atoms with van der Waals surface area (Å²) in [6, 6.07) is 0. The molecule has 6 heteroatoms. The van der Waals surface area contributed by atoms with Gasteiger partial charge in [-0.25, -0.2) is 9.50 Å². The number of hydrogen-bond donors (Lipinski definition) is 0. The third-order valence-electron chi connectivity index (χ3n) is 3.23. The lowest BCUT2D eigenvalue weighted by Gasteiger charge is -2.22. The van der Waals surface area contributed by atoms with E-state index in [1.54, 1.807) is 10.7 Å². The summed E-state index contributed by atoms with van der Waals surface area (Å²) in [5.74, 6) is 0. The van der Waals surface area contributed by atoms with E-state index in [9.17, 15) is 0 Å². The number of ether oxygens (including phenoxy) is 2. The number of nitrogens with zero attached hydrogens (tertiary/aromatic N) is 3. The van der Waals surface area contributed by atoms with Crippen molar-refractivity contribution >= 4 is 17.2 Å². The first-order chi connectivity index (χ1) is 8.68. The van der Waals surface area contributed by atoms with Gasteiger partial charge in [0.25, 0.3) is 0 Å². The molecule has 96 valence electrons. The zero-order chi connectivity index (χ0) is 12.7. The number of hydrogen-bond acceptors (Lipinski definition) is 4. The molecule has 0 spiro atoms. The van der Waals surface area contributed by atoms with Crippen LogP contribution in [0.1, 0.15) is 29.5 Å². The minimum Gasteiger partial charge on any atom is -0.348 e. The Labute approximate surface area is 110 Å². The maximum absolute atomic E-state index is 6.13. The summed E-state index contributed by atoms with van der Waals surface area (Å²) in [6.07, 6.45) is 2.27. The number of aromatic nitrogens is 3. The predicted octanol–water partition coefficient (Wildman–Crippen LogP) is 2.44. The zero-order valence-electron chi connectivity index (χ0n) is 10.3. The van der Waals surface area contributed by atoms with Gasteiger partial charge < -0.3 is 9.47 Å². The molecule has 0 aromatic carbocycles. The predicted molar refractivity (Wildman–Crippen MR) is 66.7 cm³/mol. The maximum Gasteiger partial charge on any atom is 0.188 e. The fraction of sp³-hybridized carbons (Fsp3) is 0.500. The van der Waals surface area contributed by atoms with Gasteiger partial charge in [-0.15, -0.1) is 0 Å². The van der Waals surface area contributed by atoms with Crippen LogP contribution in [-0.4, -0.2) is 27.8 Å². The number of halogens is 1. The van der Waals surface area contributed by atoms with Crippen LogP contribution < -0.4 is 0 Å². The van der Waals surface area contributed by atoms with Gasteiger partial charge in [0, 0.05) is 11.3 Å². The highest BCUT2D eigenvalue weighted by molar-refractivity contribution is 6.30. The lowest BCUT2D eigenvalue weighted by atomic mass is 10.2. The van der Waals surface area contributed by atoms with E-state index >= 15 is 0 Å².